The van der Waals surface area contributed by atoms with Crippen molar-refractivity contribution in [1.82, 2.24) is 25.4 Å². The number of nitrogens with one attached hydrogen (secondary N) is 2. The quantitative estimate of drug-likeness (QED) is 0.595. The van der Waals surface area contributed by atoms with E-state index < -0.39 is 0 Å². The molecule has 4 saturated heterocycles. The number of hydrogen-bond donors (Lipinski definition) is 2. The second-order valence-corrected chi connectivity index (χ2v) is 8.04. The molecule has 0 saturated carbocycles. The molecular weight excluding hydrogens is 338 g/mol. The summed E-state index contributed by atoms with van der Waals surface area (Å²) in [4.78, 5) is 16.6. The van der Waals surface area contributed by atoms with Gasteiger partial charge < -0.3 is 15.5 Å². The third kappa shape index (κ3) is 4.52. The number of guanidine groups is 1. The van der Waals surface area contributed by atoms with Crippen molar-refractivity contribution in [3.8, 4) is 0 Å². The summed E-state index contributed by atoms with van der Waals surface area (Å²) in [6.07, 6.45) is 4.18. The fraction of sp³-hybridized carbons (Fsp3) is 0.700. The molecule has 5 heterocycles. The minimum atomic E-state index is 0.477. The lowest BCUT2D eigenvalue weighted by Gasteiger charge is -2.47. The zero-order valence-electron chi connectivity index (χ0n) is 16.7. The number of piperazine rings is 3. The average molecular weight is 372 g/mol. The van der Waals surface area contributed by atoms with Crippen molar-refractivity contribution < 1.29 is 0 Å². The average Bonchev–Trinajstić information content (AvgIpc) is 2.73. The van der Waals surface area contributed by atoms with Gasteiger partial charge in [-0.25, -0.2) is 4.98 Å². The Labute approximate surface area is 162 Å². The van der Waals surface area contributed by atoms with Gasteiger partial charge in [0.1, 0.15) is 5.82 Å². The lowest BCUT2D eigenvalue weighted by molar-refractivity contribution is 0.0154. The molecule has 0 amide bonds. The Hall–Kier alpha value is -1.86. The molecular formula is C20H33N7. The first-order valence-electron chi connectivity index (χ1n) is 10.3. The van der Waals surface area contributed by atoms with Gasteiger partial charge in [0, 0.05) is 77.7 Å². The van der Waals surface area contributed by atoms with Crippen LogP contribution in [-0.4, -0.2) is 92.2 Å². The maximum absolute atomic E-state index is 4.56. The molecule has 5 rings (SSSR count). The third-order valence-electron chi connectivity index (χ3n) is 6.18. The van der Waals surface area contributed by atoms with Gasteiger partial charge in [-0.1, -0.05) is 6.07 Å². The largest absolute Gasteiger partial charge is 0.356 e. The van der Waals surface area contributed by atoms with Crippen LogP contribution in [0.1, 0.15) is 18.4 Å². The molecule has 2 bridgehead atoms. The van der Waals surface area contributed by atoms with Gasteiger partial charge in [0.15, 0.2) is 5.96 Å². The van der Waals surface area contributed by atoms with Crippen LogP contribution in [0.25, 0.3) is 0 Å². The number of rotatable bonds is 4. The van der Waals surface area contributed by atoms with Crippen LogP contribution in [0.2, 0.25) is 0 Å². The molecule has 0 aliphatic carbocycles. The molecule has 1 atom stereocenters. The Kier molecular flexibility index (Phi) is 5.78. The molecule has 27 heavy (non-hydrogen) atoms. The number of aromatic nitrogens is 1. The van der Waals surface area contributed by atoms with Crippen LogP contribution >= 0.6 is 0 Å². The van der Waals surface area contributed by atoms with E-state index in [1.54, 1.807) is 0 Å². The predicted molar refractivity (Wildman–Crippen MR) is 111 cm³/mol. The van der Waals surface area contributed by atoms with E-state index in [2.05, 4.69) is 54.4 Å². The van der Waals surface area contributed by atoms with E-state index in [0.29, 0.717) is 12.1 Å². The van der Waals surface area contributed by atoms with Gasteiger partial charge >= 0.3 is 0 Å². The smallest absolute Gasteiger partial charge is 0.191 e. The molecule has 148 valence electrons. The number of piperidine rings is 1. The Balaban J connectivity index is 1.22. The minimum absolute atomic E-state index is 0.477. The molecule has 4 aliphatic heterocycles. The first-order chi connectivity index (χ1) is 13.2. The fourth-order valence-corrected chi connectivity index (χ4v) is 4.42. The second-order valence-electron chi connectivity index (χ2n) is 8.04. The van der Waals surface area contributed by atoms with Crippen LogP contribution in [0.3, 0.4) is 0 Å². The van der Waals surface area contributed by atoms with E-state index in [9.17, 15) is 0 Å². The Morgan fingerprint density at radius 3 is 2.52 bits per heavy atom. The number of aliphatic imine (C=N–C) groups is 1. The summed E-state index contributed by atoms with van der Waals surface area (Å²) in [5.74, 6) is 2.04. The molecule has 2 N–H and O–H groups in total. The monoisotopic (exact) mass is 371 g/mol. The van der Waals surface area contributed by atoms with Crippen molar-refractivity contribution >= 4 is 11.8 Å². The van der Waals surface area contributed by atoms with Crippen molar-refractivity contribution in [2.24, 2.45) is 4.99 Å². The van der Waals surface area contributed by atoms with Crippen LogP contribution in [-0.2, 0) is 0 Å². The van der Waals surface area contributed by atoms with E-state index in [0.717, 1.165) is 44.3 Å². The van der Waals surface area contributed by atoms with Crippen molar-refractivity contribution in [1.29, 1.82) is 0 Å². The molecule has 1 aromatic rings. The van der Waals surface area contributed by atoms with Gasteiger partial charge in [-0.3, -0.25) is 14.8 Å². The van der Waals surface area contributed by atoms with Gasteiger partial charge in [-0.15, -0.1) is 0 Å². The van der Waals surface area contributed by atoms with Crippen LogP contribution in [0.4, 0.5) is 5.82 Å². The Morgan fingerprint density at radius 1 is 1.15 bits per heavy atom. The van der Waals surface area contributed by atoms with Crippen LogP contribution in [0, 0.1) is 6.92 Å². The number of hydrogen-bond acceptors (Lipinski definition) is 5. The molecule has 1 unspecified atom stereocenters. The summed E-state index contributed by atoms with van der Waals surface area (Å²) in [7, 11) is 1.87. The summed E-state index contributed by atoms with van der Waals surface area (Å²) < 4.78 is 0. The van der Waals surface area contributed by atoms with Crippen molar-refractivity contribution in [3.05, 3.63) is 23.9 Å². The summed E-state index contributed by atoms with van der Waals surface area (Å²) in [5.41, 5.74) is 1.21. The van der Waals surface area contributed by atoms with Gasteiger partial charge in [0.05, 0.1) is 0 Å². The number of aryl methyl sites for hydroxylation is 1. The standard InChI is InChI=1S/C20H33N7/c1-16-3-4-19(22-13-16)27-7-5-17(6-8-27)24-20(21-2)23-14-18-15-25-9-11-26(18)12-10-25/h3-4,13,17-18H,5-12,14-15H2,1-2H3,(H2,21,23,24). The zero-order valence-corrected chi connectivity index (χ0v) is 16.7. The van der Waals surface area contributed by atoms with Gasteiger partial charge in [0.25, 0.3) is 0 Å². The van der Waals surface area contributed by atoms with Crippen LogP contribution in [0.5, 0.6) is 0 Å². The second kappa shape index (κ2) is 8.44. The number of fused-ring (bicyclic) bond motifs is 3. The van der Waals surface area contributed by atoms with Gasteiger partial charge in [-0.05, 0) is 31.4 Å². The normalized spacial score (nSPS) is 29.0. The van der Waals surface area contributed by atoms with Crippen molar-refractivity contribution in [2.75, 3.05) is 64.3 Å². The third-order valence-corrected chi connectivity index (χ3v) is 6.18. The maximum Gasteiger partial charge on any atom is 0.191 e. The van der Waals surface area contributed by atoms with Crippen LogP contribution < -0.4 is 15.5 Å². The van der Waals surface area contributed by atoms with E-state index in [1.807, 2.05) is 13.2 Å². The highest BCUT2D eigenvalue weighted by Crippen LogP contribution is 2.18. The molecule has 4 aliphatic rings. The van der Waals surface area contributed by atoms with Crippen molar-refractivity contribution in [3.63, 3.8) is 0 Å². The summed E-state index contributed by atoms with van der Waals surface area (Å²) in [5, 5.41) is 7.20. The highest BCUT2D eigenvalue weighted by molar-refractivity contribution is 5.80. The molecule has 1 aromatic heterocycles. The number of nitrogens with zero attached hydrogens (tertiary/aromatic N) is 5. The number of pyridine rings is 1. The molecule has 4 fully saturated rings. The number of anilines is 1. The molecule has 0 spiro atoms. The van der Waals surface area contributed by atoms with Crippen LogP contribution in [0.15, 0.2) is 23.3 Å². The highest BCUT2D eigenvalue weighted by Gasteiger charge is 2.31. The SMILES string of the molecule is CN=C(NCC1CN2CCN1CC2)NC1CCN(c2ccc(C)cn2)CC1. The predicted octanol–water partition coefficient (Wildman–Crippen LogP) is 0.524. The van der Waals surface area contributed by atoms with E-state index in [4.69, 9.17) is 0 Å². The summed E-state index contributed by atoms with van der Waals surface area (Å²) >= 11 is 0. The van der Waals surface area contributed by atoms with Crippen molar-refractivity contribution in [2.45, 2.75) is 31.8 Å². The fourth-order valence-electron chi connectivity index (χ4n) is 4.42. The van der Waals surface area contributed by atoms with Gasteiger partial charge in [0.2, 0.25) is 0 Å². The lowest BCUT2D eigenvalue weighted by Crippen LogP contribution is -2.64. The first kappa shape index (κ1) is 18.5. The molecule has 7 nitrogen and oxygen atoms in total. The molecule has 0 aromatic carbocycles. The van der Waals surface area contributed by atoms with E-state index in [-0.39, 0.29) is 0 Å². The van der Waals surface area contributed by atoms with E-state index in [1.165, 1.54) is 38.3 Å². The summed E-state index contributed by atoms with van der Waals surface area (Å²) in [6, 6.07) is 5.36. The topological polar surface area (TPSA) is 59.0 Å². The van der Waals surface area contributed by atoms with Gasteiger partial charge in [-0.2, -0.15) is 0 Å². The minimum Gasteiger partial charge on any atom is -0.356 e. The molecule has 0 radical (unpaired) electrons. The van der Waals surface area contributed by atoms with E-state index >= 15 is 0 Å². The zero-order chi connectivity index (χ0) is 18.6. The first-order valence-corrected chi connectivity index (χ1v) is 10.3. The molecule has 7 heteroatoms. The Bertz CT molecular complexity index is 628. The highest BCUT2D eigenvalue weighted by atomic mass is 15.4. The lowest BCUT2D eigenvalue weighted by atomic mass is 10.1. The summed E-state index contributed by atoms with van der Waals surface area (Å²) in [6.45, 7) is 11.2. The Morgan fingerprint density at radius 2 is 1.93 bits per heavy atom. The maximum atomic E-state index is 4.56.